The molecular weight excluding hydrogens is 359 g/mol. The predicted molar refractivity (Wildman–Crippen MR) is 102 cm³/mol. The zero-order valence-corrected chi connectivity index (χ0v) is 15.5. The van der Waals surface area contributed by atoms with Crippen molar-refractivity contribution in [3.05, 3.63) is 64.1 Å². The van der Waals surface area contributed by atoms with Gasteiger partial charge in [-0.3, -0.25) is 9.59 Å². The van der Waals surface area contributed by atoms with Crippen molar-refractivity contribution in [2.45, 2.75) is 19.8 Å². The summed E-state index contributed by atoms with van der Waals surface area (Å²) in [7, 11) is 0. The SMILES string of the molecule is CC(=O)N(CCC(=O)NCCc1cccc(Cl)c1)c1cccc(Cl)c1. The van der Waals surface area contributed by atoms with E-state index in [-0.39, 0.29) is 18.2 Å². The van der Waals surface area contributed by atoms with E-state index in [4.69, 9.17) is 23.2 Å². The highest BCUT2D eigenvalue weighted by molar-refractivity contribution is 6.31. The van der Waals surface area contributed by atoms with E-state index < -0.39 is 0 Å². The van der Waals surface area contributed by atoms with E-state index in [2.05, 4.69) is 5.32 Å². The van der Waals surface area contributed by atoms with Crippen molar-refractivity contribution in [2.75, 3.05) is 18.0 Å². The fourth-order valence-electron chi connectivity index (χ4n) is 2.45. The fourth-order valence-corrected chi connectivity index (χ4v) is 2.85. The molecule has 0 fully saturated rings. The molecule has 0 heterocycles. The lowest BCUT2D eigenvalue weighted by molar-refractivity contribution is -0.121. The Balaban J connectivity index is 1.82. The molecular formula is C19H20Cl2N2O2. The van der Waals surface area contributed by atoms with Crippen molar-refractivity contribution >= 4 is 40.7 Å². The summed E-state index contributed by atoms with van der Waals surface area (Å²) in [5.41, 5.74) is 1.75. The molecule has 25 heavy (non-hydrogen) atoms. The molecule has 0 aromatic heterocycles. The molecule has 0 aliphatic heterocycles. The summed E-state index contributed by atoms with van der Waals surface area (Å²) in [4.78, 5) is 25.4. The van der Waals surface area contributed by atoms with Gasteiger partial charge in [0.1, 0.15) is 0 Å². The molecule has 0 spiro atoms. The lowest BCUT2D eigenvalue weighted by atomic mass is 10.1. The van der Waals surface area contributed by atoms with E-state index >= 15 is 0 Å². The van der Waals surface area contributed by atoms with Crippen LogP contribution in [0.5, 0.6) is 0 Å². The number of carbonyl (C=O) groups excluding carboxylic acids is 2. The minimum atomic E-state index is -0.131. The van der Waals surface area contributed by atoms with Gasteiger partial charge in [-0.05, 0) is 42.3 Å². The van der Waals surface area contributed by atoms with Crippen LogP contribution >= 0.6 is 23.2 Å². The highest BCUT2D eigenvalue weighted by atomic mass is 35.5. The van der Waals surface area contributed by atoms with Crippen molar-refractivity contribution < 1.29 is 9.59 Å². The van der Waals surface area contributed by atoms with Crippen molar-refractivity contribution in [1.29, 1.82) is 0 Å². The number of amides is 2. The van der Waals surface area contributed by atoms with Crippen LogP contribution in [-0.2, 0) is 16.0 Å². The van der Waals surface area contributed by atoms with E-state index in [0.29, 0.717) is 35.2 Å². The first-order chi connectivity index (χ1) is 12.0. The standard InChI is InChI=1S/C19H20Cl2N2O2/c1-14(24)23(18-7-3-6-17(21)13-18)11-9-19(25)22-10-8-15-4-2-5-16(20)12-15/h2-7,12-13H,8-11H2,1H3,(H,22,25). The molecule has 2 rings (SSSR count). The first kappa shape index (κ1) is 19.3. The van der Waals surface area contributed by atoms with E-state index in [1.54, 1.807) is 29.2 Å². The zero-order valence-electron chi connectivity index (χ0n) is 14.0. The van der Waals surface area contributed by atoms with Gasteiger partial charge in [-0.2, -0.15) is 0 Å². The van der Waals surface area contributed by atoms with E-state index in [1.807, 2.05) is 24.3 Å². The summed E-state index contributed by atoms with van der Waals surface area (Å²) < 4.78 is 0. The number of rotatable bonds is 7. The van der Waals surface area contributed by atoms with E-state index in [9.17, 15) is 9.59 Å². The first-order valence-electron chi connectivity index (χ1n) is 8.00. The van der Waals surface area contributed by atoms with Crippen molar-refractivity contribution in [1.82, 2.24) is 5.32 Å². The van der Waals surface area contributed by atoms with Gasteiger partial charge in [0.25, 0.3) is 0 Å². The van der Waals surface area contributed by atoms with Gasteiger partial charge in [-0.15, -0.1) is 0 Å². The summed E-state index contributed by atoms with van der Waals surface area (Å²) in [6.45, 7) is 2.30. The maximum atomic E-state index is 12.0. The Kier molecular flexibility index (Phi) is 7.29. The quantitative estimate of drug-likeness (QED) is 0.788. The van der Waals surface area contributed by atoms with Crippen molar-refractivity contribution in [2.24, 2.45) is 0 Å². The van der Waals surface area contributed by atoms with Crippen molar-refractivity contribution in [3.63, 3.8) is 0 Å². The van der Waals surface area contributed by atoms with Crippen LogP contribution in [0.3, 0.4) is 0 Å². The second-order valence-corrected chi connectivity index (χ2v) is 6.50. The molecule has 2 aromatic carbocycles. The molecule has 0 bridgehead atoms. The summed E-state index contributed by atoms with van der Waals surface area (Å²) in [5.74, 6) is -0.232. The number of carbonyl (C=O) groups is 2. The van der Waals surface area contributed by atoms with Gasteiger partial charge in [0, 0.05) is 42.2 Å². The maximum Gasteiger partial charge on any atom is 0.223 e. The van der Waals surface area contributed by atoms with Gasteiger partial charge in [0.05, 0.1) is 0 Å². The summed E-state index contributed by atoms with van der Waals surface area (Å²) in [6.07, 6.45) is 0.929. The van der Waals surface area contributed by atoms with Gasteiger partial charge < -0.3 is 10.2 Å². The lowest BCUT2D eigenvalue weighted by Gasteiger charge is -2.21. The monoisotopic (exact) mass is 378 g/mol. The maximum absolute atomic E-state index is 12.0. The summed E-state index contributed by atoms with van der Waals surface area (Å²) in [5, 5.41) is 4.10. The van der Waals surface area contributed by atoms with Gasteiger partial charge in [-0.25, -0.2) is 0 Å². The highest BCUT2D eigenvalue weighted by Gasteiger charge is 2.13. The Labute approximate surface area is 157 Å². The highest BCUT2D eigenvalue weighted by Crippen LogP contribution is 2.20. The minimum absolute atomic E-state index is 0.102. The van der Waals surface area contributed by atoms with Crippen LogP contribution in [0.15, 0.2) is 48.5 Å². The number of benzene rings is 2. The van der Waals surface area contributed by atoms with Crippen LogP contribution in [0.25, 0.3) is 0 Å². The third-order valence-corrected chi connectivity index (χ3v) is 4.16. The molecule has 0 saturated heterocycles. The second kappa shape index (κ2) is 9.44. The Hall–Kier alpha value is -2.04. The average Bonchev–Trinajstić information content (AvgIpc) is 2.55. The lowest BCUT2D eigenvalue weighted by Crippen LogP contribution is -2.34. The first-order valence-corrected chi connectivity index (χ1v) is 8.76. The van der Waals surface area contributed by atoms with Crippen LogP contribution in [0.1, 0.15) is 18.9 Å². The molecule has 0 saturated carbocycles. The number of hydrogen-bond acceptors (Lipinski definition) is 2. The fraction of sp³-hybridized carbons (Fsp3) is 0.263. The Morgan fingerprint density at radius 1 is 1.04 bits per heavy atom. The van der Waals surface area contributed by atoms with Crippen LogP contribution in [0.2, 0.25) is 10.0 Å². The van der Waals surface area contributed by atoms with Gasteiger partial charge in [0.2, 0.25) is 11.8 Å². The Morgan fingerprint density at radius 2 is 1.72 bits per heavy atom. The van der Waals surface area contributed by atoms with Crippen LogP contribution in [0, 0.1) is 0 Å². The smallest absolute Gasteiger partial charge is 0.223 e. The Bertz CT molecular complexity index is 750. The molecule has 1 N–H and O–H groups in total. The molecule has 0 aliphatic carbocycles. The van der Waals surface area contributed by atoms with E-state index in [1.165, 1.54) is 6.92 Å². The predicted octanol–water partition coefficient (Wildman–Crippen LogP) is 4.10. The summed E-state index contributed by atoms with van der Waals surface area (Å²) >= 11 is 11.9. The van der Waals surface area contributed by atoms with Crippen LogP contribution in [-0.4, -0.2) is 24.9 Å². The normalized spacial score (nSPS) is 10.4. The van der Waals surface area contributed by atoms with E-state index in [0.717, 1.165) is 5.56 Å². The summed E-state index contributed by atoms with van der Waals surface area (Å²) in [6, 6.07) is 14.6. The molecule has 2 aromatic rings. The number of anilines is 1. The molecule has 2 amide bonds. The van der Waals surface area contributed by atoms with Gasteiger partial charge >= 0.3 is 0 Å². The second-order valence-electron chi connectivity index (χ2n) is 5.63. The molecule has 0 radical (unpaired) electrons. The molecule has 132 valence electrons. The zero-order chi connectivity index (χ0) is 18.2. The van der Waals surface area contributed by atoms with Gasteiger partial charge in [-0.1, -0.05) is 41.4 Å². The number of nitrogens with one attached hydrogen (secondary N) is 1. The van der Waals surface area contributed by atoms with Crippen molar-refractivity contribution in [3.8, 4) is 0 Å². The molecule has 0 unspecified atom stereocenters. The largest absolute Gasteiger partial charge is 0.356 e. The number of halogens is 2. The van der Waals surface area contributed by atoms with Crippen LogP contribution < -0.4 is 10.2 Å². The molecule has 0 atom stereocenters. The number of hydrogen-bond donors (Lipinski definition) is 1. The third-order valence-electron chi connectivity index (χ3n) is 3.69. The Morgan fingerprint density at radius 3 is 2.36 bits per heavy atom. The van der Waals surface area contributed by atoms with Crippen LogP contribution in [0.4, 0.5) is 5.69 Å². The third kappa shape index (κ3) is 6.40. The number of nitrogens with zero attached hydrogens (tertiary/aromatic N) is 1. The molecule has 4 nitrogen and oxygen atoms in total. The van der Waals surface area contributed by atoms with Gasteiger partial charge in [0.15, 0.2) is 0 Å². The molecule has 6 heteroatoms. The average molecular weight is 379 g/mol. The molecule has 0 aliphatic rings. The topological polar surface area (TPSA) is 49.4 Å². The minimum Gasteiger partial charge on any atom is -0.356 e.